The van der Waals surface area contributed by atoms with Crippen molar-refractivity contribution in [3.05, 3.63) is 0 Å². The second-order valence-electron chi connectivity index (χ2n) is 13.9. The monoisotopic (exact) mass is 452 g/mol. The molecule has 4 fully saturated rings. The van der Waals surface area contributed by atoms with Crippen LogP contribution in [0.4, 0.5) is 0 Å². The van der Waals surface area contributed by atoms with Crippen molar-refractivity contribution in [3.8, 4) is 0 Å². The predicted molar refractivity (Wildman–Crippen MR) is 130 cm³/mol. The van der Waals surface area contributed by atoms with Crippen LogP contribution in [-0.4, -0.2) is 39.6 Å². The average Bonchev–Trinajstić information content (AvgIpc) is 2.96. The van der Waals surface area contributed by atoms with Crippen LogP contribution in [0.2, 0.25) is 39.3 Å². The number of aliphatic hydroxyl groups is 1. The zero-order valence-corrected chi connectivity index (χ0v) is 23.0. The third kappa shape index (κ3) is 3.93. The van der Waals surface area contributed by atoms with Crippen molar-refractivity contribution < 1.29 is 14.0 Å². The lowest BCUT2D eigenvalue weighted by Crippen LogP contribution is -2.70. The molecule has 3 nitrogen and oxygen atoms in total. The van der Waals surface area contributed by atoms with Gasteiger partial charge in [0.1, 0.15) is 0 Å². The molecule has 0 spiro atoms. The zero-order valence-electron chi connectivity index (χ0n) is 21.0. The molecule has 4 saturated carbocycles. The SMILES string of the molecule is C[C@@]12CCC[C@H]1[C@@H]1CC(O[Si](C)(C)C)C3(O)CC(O[Si](C)(C)C)CC[C@]3(C)[C@H]1CC2. The zero-order chi connectivity index (χ0) is 22.2. The quantitative estimate of drug-likeness (QED) is 0.489. The molecule has 0 bridgehead atoms. The maximum Gasteiger partial charge on any atom is 0.184 e. The van der Waals surface area contributed by atoms with Crippen LogP contribution in [0.1, 0.15) is 71.6 Å². The summed E-state index contributed by atoms with van der Waals surface area (Å²) < 4.78 is 13.4. The van der Waals surface area contributed by atoms with E-state index in [1.165, 1.54) is 32.1 Å². The van der Waals surface area contributed by atoms with Crippen molar-refractivity contribution in [2.24, 2.45) is 28.6 Å². The topological polar surface area (TPSA) is 38.7 Å². The molecule has 0 aliphatic heterocycles. The Kier molecular flexibility index (Phi) is 5.80. The lowest BCUT2D eigenvalue weighted by Gasteiger charge is -2.66. The van der Waals surface area contributed by atoms with E-state index in [0.717, 1.165) is 37.5 Å². The summed E-state index contributed by atoms with van der Waals surface area (Å²) in [7, 11) is -3.40. The van der Waals surface area contributed by atoms with Crippen molar-refractivity contribution in [1.82, 2.24) is 0 Å². The van der Waals surface area contributed by atoms with Crippen LogP contribution in [0.3, 0.4) is 0 Å². The van der Waals surface area contributed by atoms with Crippen molar-refractivity contribution in [1.29, 1.82) is 0 Å². The van der Waals surface area contributed by atoms with Crippen LogP contribution >= 0.6 is 0 Å². The molecule has 5 heteroatoms. The third-order valence-corrected chi connectivity index (χ3v) is 11.6. The van der Waals surface area contributed by atoms with Crippen LogP contribution in [0.5, 0.6) is 0 Å². The minimum absolute atomic E-state index is 0.0219. The molecule has 0 radical (unpaired) electrons. The molecule has 0 saturated heterocycles. The maximum absolute atomic E-state index is 12.5. The molecule has 4 aliphatic rings. The van der Waals surface area contributed by atoms with Gasteiger partial charge in [0.25, 0.3) is 0 Å². The molecule has 4 aliphatic carbocycles. The lowest BCUT2D eigenvalue weighted by atomic mass is 9.43. The third-order valence-electron chi connectivity index (χ3n) is 9.59. The van der Waals surface area contributed by atoms with Gasteiger partial charge in [-0.25, -0.2) is 0 Å². The largest absolute Gasteiger partial charge is 0.415 e. The van der Waals surface area contributed by atoms with Gasteiger partial charge in [0.05, 0.1) is 11.7 Å². The normalized spacial score (nSPS) is 49.3. The number of fused-ring (bicyclic) bond motifs is 5. The molecule has 0 heterocycles. The van der Waals surface area contributed by atoms with E-state index in [4.69, 9.17) is 8.85 Å². The molecule has 8 atom stereocenters. The van der Waals surface area contributed by atoms with E-state index in [0.29, 0.717) is 11.3 Å². The second-order valence-corrected chi connectivity index (χ2v) is 22.8. The van der Waals surface area contributed by atoms with Gasteiger partial charge in [0.15, 0.2) is 16.6 Å². The van der Waals surface area contributed by atoms with E-state index >= 15 is 0 Å². The van der Waals surface area contributed by atoms with E-state index < -0.39 is 22.2 Å². The summed E-state index contributed by atoms with van der Waals surface area (Å²) in [6.07, 6.45) is 11.1. The molecular formula is C25H48O3Si2. The Labute approximate surface area is 188 Å². The Hall–Kier alpha value is 0.314. The van der Waals surface area contributed by atoms with Gasteiger partial charge >= 0.3 is 0 Å². The van der Waals surface area contributed by atoms with E-state index in [2.05, 4.69) is 53.1 Å². The number of rotatable bonds is 4. The Morgan fingerprint density at radius 2 is 1.47 bits per heavy atom. The first kappa shape index (κ1) is 23.5. The highest BCUT2D eigenvalue weighted by Crippen LogP contribution is 2.68. The molecule has 0 aromatic rings. The molecule has 174 valence electrons. The molecule has 30 heavy (non-hydrogen) atoms. The Bertz CT molecular complexity index is 656. The summed E-state index contributed by atoms with van der Waals surface area (Å²) in [5, 5.41) is 12.5. The van der Waals surface area contributed by atoms with E-state index in [9.17, 15) is 5.11 Å². The smallest absolute Gasteiger partial charge is 0.184 e. The Morgan fingerprint density at radius 1 is 0.800 bits per heavy atom. The summed E-state index contributed by atoms with van der Waals surface area (Å²) in [6.45, 7) is 18.7. The van der Waals surface area contributed by atoms with Crippen LogP contribution < -0.4 is 0 Å². The van der Waals surface area contributed by atoms with Crippen LogP contribution in [-0.2, 0) is 8.85 Å². The van der Waals surface area contributed by atoms with Crippen molar-refractivity contribution in [3.63, 3.8) is 0 Å². The molecule has 0 amide bonds. The van der Waals surface area contributed by atoms with Gasteiger partial charge in [0, 0.05) is 17.9 Å². The minimum Gasteiger partial charge on any atom is -0.415 e. The van der Waals surface area contributed by atoms with Crippen molar-refractivity contribution in [2.45, 2.75) is 129 Å². The first-order chi connectivity index (χ1) is 13.7. The van der Waals surface area contributed by atoms with E-state index in [-0.39, 0.29) is 17.6 Å². The Morgan fingerprint density at radius 3 is 2.10 bits per heavy atom. The van der Waals surface area contributed by atoms with Gasteiger partial charge in [-0.05, 0) is 107 Å². The molecule has 4 rings (SSSR count). The lowest BCUT2D eigenvalue weighted by molar-refractivity contribution is -0.258. The highest BCUT2D eigenvalue weighted by atomic mass is 28.4. The molecular weight excluding hydrogens is 404 g/mol. The second kappa shape index (κ2) is 7.41. The molecule has 0 aromatic carbocycles. The fraction of sp³-hybridized carbons (Fsp3) is 1.00. The number of hydrogen-bond acceptors (Lipinski definition) is 3. The summed E-state index contributed by atoms with van der Waals surface area (Å²) in [5.41, 5.74) is -0.248. The van der Waals surface area contributed by atoms with Crippen LogP contribution in [0.15, 0.2) is 0 Å². The summed E-state index contributed by atoms with van der Waals surface area (Å²) >= 11 is 0. The van der Waals surface area contributed by atoms with E-state index in [1.807, 2.05) is 0 Å². The number of hydrogen-bond donors (Lipinski definition) is 1. The standard InChI is InChI=1S/C25H48O3Si2/c1-23-13-9-10-20(23)19-16-22(28-30(6,7)8)25(26)17-18(27-29(3,4)5)11-15-24(25,2)21(19)12-14-23/h18-22,26H,9-17H2,1-8H3/t18?,19-,20-,21-,22?,23-,24+,25?/m0/s1. The predicted octanol–water partition coefficient (Wildman–Crippen LogP) is 6.58. The Balaban J connectivity index is 1.69. The highest BCUT2D eigenvalue weighted by molar-refractivity contribution is 6.70. The first-order valence-electron chi connectivity index (χ1n) is 12.7. The van der Waals surface area contributed by atoms with Crippen molar-refractivity contribution >= 4 is 16.6 Å². The van der Waals surface area contributed by atoms with Gasteiger partial charge in [0.2, 0.25) is 0 Å². The molecule has 1 N–H and O–H groups in total. The first-order valence-corrected chi connectivity index (χ1v) is 19.6. The van der Waals surface area contributed by atoms with Gasteiger partial charge in [-0.3, -0.25) is 0 Å². The highest BCUT2D eigenvalue weighted by Gasteiger charge is 2.67. The fourth-order valence-electron chi connectivity index (χ4n) is 8.38. The summed E-state index contributed by atoms with van der Waals surface area (Å²) in [4.78, 5) is 0. The maximum atomic E-state index is 12.5. The van der Waals surface area contributed by atoms with Gasteiger partial charge < -0.3 is 14.0 Å². The van der Waals surface area contributed by atoms with Gasteiger partial charge in [-0.15, -0.1) is 0 Å². The van der Waals surface area contributed by atoms with Crippen LogP contribution in [0.25, 0.3) is 0 Å². The van der Waals surface area contributed by atoms with Gasteiger partial charge in [-0.1, -0.05) is 20.3 Å². The van der Waals surface area contributed by atoms with Crippen LogP contribution in [0, 0.1) is 28.6 Å². The fourth-order valence-corrected chi connectivity index (χ4v) is 10.7. The van der Waals surface area contributed by atoms with E-state index in [1.54, 1.807) is 0 Å². The molecule has 3 unspecified atom stereocenters. The van der Waals surface area contributed by atoms with Gasteiger partial charge in [-0.2, -0.15) is 0 Å². The van der Waals surface area contributed by atoms with Crippen molar-refractivity contribution in [2.75, 3.05) is 0 Å². The summed E-state index contributed by atoms with van der Waals surface area (Å²) in [6, 6.07) is 0. The average molecular weight is 453 g/mol. The minimum atomic E-state index is -1.77. The summed E-state index contributed by atoms with van der Waals surface area (Å²) in [5.74, 6) is 2.21. The molecule has 0 aromatic heterocycles.